The Balaban J connectivity index is 1.75. The maximum absolute atomic E-state index is 3.57. The quantitative estimate of drug-likeness (QED) is 0.695. The minimum absolute atomic E-state index is 0.704. The van der Waals surface area contributed by atoms with Crippen molar-refractivity contribution in [3.05, 3.63) is 30.0 Å². The largest absolute Gasteiger partial charge is 0.385 e. The van der Waals surface area contributed by atoms with Crippen molar-refractivity contribution in [3.63, 3.8) is 0 Å². The van der Waals surface area contributed by atoms with E-state index < -0.39 is 0 Å². The summed E-state index contributed by atoms with van der Waals surface area (Å²) < 4.78 is 0. The van der Waals surface area contributed by atoms with E-state index in [0.29, 0.717) is 5.92 Å². The average molecular weight is 285 g/mol. The van der Waals surface area contributed by atoms with Crippen molar-refractivity contribution < 1.29 is 0 Å². The Morgan fingerprint density at radius 3 is 2.86 bits per heavy atom. The van der Waals surface area contributed by atoms with E-state index in [0.717, 1.165) is 19.6 Å². The van der Waals surface area contributed by atoms with E-state index in [2.05, 4.69) is 46.9 Å². The van der Waals surface area contributed by atoms with Crippen molar-refractivity contribution in [2.45, 2.75) is 44.9 Å². The molecular weight excluding hydrogens is 258 g/mol. The van der Waals surface area contributed by atoms with Crippen molar-refractivity contribution >= 4 is 16.6 Å². The standard InChI is InChI=1S/C18H27N3/c1-2-3-4-9-20-15-5-6-18-16(12-15)17(13-21-18)14-7-10-19-11-8-14/h5-6,12-14,19-21H,2-4,7-11H2,1H3. The van der Waals surface area contributed by atoms with Gasteiger partial charge in [-0.2, -0.15) is 0 Å². The summed E-state index contributed by atoms with van der Waals surface area (Å²) in [6.45, 7) is 5.61. The van der Waals surface area contributed by atoms with Crippen molar-refractivity contribution in [1.29, 1.82) is 0 Å². The Morgan fingerprint density at radius 1 is 1.19 bits per heavy atom. The van der Waals surface area contributed by atoms with Gasteiger partial charge in [-0.1, -0.05) is 19.8 Å². The fraction of sp³-hybridized carbons (Fsp3) is 0.556. The van der Waals surface area contributed by atoms with Crippen LogP contribution in [0.1, 0.15) is 50.5 Å². The van der Waals surface area contributed by atoms with Crippen LogP contribution in [0.4, 0.5) is 5.69 Å². The molecule has 0 spiro atoms. The van der Waals surface area contributed by atoms with Gasteiger partial charge in [0.25, 0.3) is 0 Å². The second-order valence-corrected chi connectivity index (χ2v) is 6.16. The first-order valence-corrected chi connectivity index (χ1v) is 8.44. The normalized spacial score (nSPS) is 16.4. The molecule has 0 bridgehead atoms. The van der Waals surface area contributed by atoms with Crippen molar-refractivity contribution in [3.8, 4) is 0 Å². The number of nitrogens with one attached hydrogen (secondary N) is 3. The summed E-state index contributed by atoms with van der Waals surface area (Å²) >= 11 is 0. The summed E-state index contributed by atoms with van der Waals surface area (Å²) in [5.41, 5.74) is 4.03. The Hall–Kier alpha value is -1.48. The van der Waals surface area contributed by atoms with Crippen LogP contribution in [0.5, 0.6) is 0 Å². The van der Waals surface area contributed by atoms with Crippen LogP contribution in [0.2, 0.25) is 0 Å². The van der Waals surface area contributed by atoms with Crippen LogP contribution in [-0.4, -0.2) is 24.6 Å². The third kappa shape index (κ3) is 3.41. The summed E-state index contributed by atoms with van der Waals surface area (Å²) in [5.74, 6) is 0.704. The zero-order valence-corrected chi connectivity index (χ0v) is 13.0. The Kier molecular flexibility index (Phi) is 4.81. The predicted molar refractivity (Wildman–Crippen MR) is 91.2 cm³/mol. The van der Waals surface area contributed by atoms with Crippen LogP contribution in [-0.2, 0) is 0 Å². The number of aromatic amines is 1. The third-order valence-electron chi connectivity index (χ3n) is 4.60. The van der Waals surface area contributed by atoms with Gasteiger partial charge in [0, 0.05) is 29.3 Å². The van der Waals surface area contributed by atoms with Gasteiger partial charge in [0.2, 0.25) is 0 Å². The highest BCUT2D eigenvalue weighted by molar-refractivity contribution is 5.87. The molecule has 1 saturated heterocycles. The third-order valence-corrected chi connectivity index (χ3v) is 4.60. The predicted octanol–water partition coefficient (Wildman–Crippen LogP) is 4.24. The summed E-state index contributed by atoms with van der Waals surface area (Å²) in [6.07, 6.45) is 8.56. The van der Waals surface area contributed by atoms with Gasteiger partial charge in [-0.25, -0.2) is 0 Å². The minimum atomic E-state index is 0.704. The van der Waals surface area contributed by atoms with Gasteiger partial charge in [-0.15, -0.1) is 0 Å². The van der Waals surface area contributed by atoms with Crippen molar-refractivity contribution in [1.82, 2.24) is 10.3 Å². The molecule has 3 rings (SSSR count). The van der Waals surface area contributed by atoms with Gasteiger partial charge in [-0.05, 0) is 62.0 Å². The molecule has 0 unspecified atom stereocenters. The van der Waals surface area contributed by atoms with Gasteiger partial charge >= 0.3 is 0 Å². The van der Waals surface area contributed by atoms with Crippen LogP contribution in [0.25, 0.3) is 10.9 Å². The summed E-state index contributed by atoms with van der Waals surface area (Å²) in [6, 6.07) is 6.73. The molecule has 1 fully saturated rings. The molecule has 0 radical (unpaired) electrons. The van der Waals surface area contributed by atoms with Crippen molar-refractivity contribution in [2.75, 3.05) is 25.0 Å². The summed E-state index contributed by atoms with van der Waals surface area (Å²) in [5, 5.41) is 8.42. The molecule has 0 saturated carbocycles. The molecule has 2 aromatic rings. The molecule has 1 aliphatic heterocycles. The molecule has 3 nitrogen and oxygen atoms in total. The summed E-state index contributed by atoms with van der Waals surface area (Å²) in [4.78, 5) is 3.44. The van der Waals surface area contributed by atoms with E-state index in [1.807, 2.05) is 0 Å². The van der Waals surface area contributed by atoms with Crippen LogP contribution >= 0.6 is 0 Å². The van der Waals surface area contributed by atoms with Gasteiger partial charge < -0.3 is 15.6 Å². The molecule has 1 aliphatic rings. The lowest BCUT2D eigenvalue weighted by atomic mass is 9.90. The molecule has 0 amide bonds. The summed E-state index contributed by atoms with van der Waals surface area (Å²) in [7, 11) is 0. The maximum Gasteiger partial charge on any atom is 0.0458 e. The molecular formula is C18H27N3. The second kappa shape index (κ2) is 6.99. The molecule has 1 aromatic heterocycles. The monoisotopic (exact) mass is 285 g/mol. The molecule has 1 aromatic carbocycles. The highest BCUT2D eigenvalue weighted by atomic mass is 14.9. The van der Waals surface area contributed by atoms with E-state index >= 15 is 0 Å². The average Bonchev–Trinajstić information content (AvgIpc) is 2.95. The highest BCUT2D eigenvalue weighted by Crippen LogP contribution is 2.32. The first-order chi connectivity index (χ1) is 10.4. The number of anilines is 1. The fourth-order valence-corrected chi connectivity index (χ4v) is 3.33. The van der Waals surface area contributed by atoms with E-state index in [4.69, 9.17) is 0 Å². The number of rotatable bonds is 6. The zero-order chi connectivity index (χ0) is 14.5. The number of unbranched alkanes of at least 4 members (excludes halogenated alkanes) is 2. The Bertz CT molecular complexity index is 567. The zero-order valence-electron chi connectivity index (χ0n) is 13.0. The maximum atomic E-state index is 3.57. The van der Waals surface area contributed by atoms with Gasteiger partial charge in [0.05, 0.1) is 0 Å². The number of piperidine rings is 1. The molecule has 0 atom stereocenters. The second-order valence-electron chi connectivity index (χ2n) is 6.16. The fourth-order valence-electron chi connectivity index (χ4n) is 3.33. The number of fused-ring (bicyclic) bond motifs is 1. The molecule has 114 valence electrons. The van der Waals surface area contributed by atoms with E-state index in [1.54, 1.807) is 0 Å². The highest BCUT2D eigenvalue weighted by Gasteiger charge is 2.18. The smallest absolute Gasteiger partial charge is 0.0458 e. The molecule has 2 heterocycles. The van der Waals surface area contributed by atoms with Gasteiger partial charge in [0.15, 0.2) is 0 Å². The first kappa shape index (κ1) is 14.5. The van der Waals surface area contributed by atoms with Crippen LogP contribution < -0.4 is 10.6 Å². The molecule has 3 N–H and O–H groups in total. The minimum Gasteiger partial charge on any atom is -0.385 e. The van der Waals surface area contributed by atoms with E-state index in [9.17, 15) is 0 Å². The topological polar surface area (TPSA) is 39.9 Å². The van der Waals surface area contributed by atoms with Crippen LogP contribution in [0, 0.1) is 0 Å². The Morgan fingerprint density at radius 2 is 2.05 bits per heavy atom. The number of aromatic nitrogens is 1. The molecule has 3 heteroatoms. The SMILES string of the molecule is CCCCCNc1ccc2[nH]cc(C3CCNCC3)c2c1. The lowest BCUT2D eigenvalue weighted by Crippen LogP contribution is -2.26. The molecule has 0 aliphatic carbocycles. The number of hydrogen-bond donors (Lipinski definition) is 3. The number of H-pyrrole nitrogens is 1. The lowest BCUT2D eigenvalue weighted by Gasteiger charge is -2.22. The van der Waals surface area contributed by atoms with Gasteiger partial charge in [0.1, 0.15) is 0 Å². The van der Waals surface area contributed by atoms with Crippen molar-refractivity contribution in [2.24, 2.45) is 0 Å². The number of benzene rings is 1. The molecule has 21 heavy (non-hydrogen) atoms. The van der Waals surface area contributed by atoms with E-state index in [1.165, 1.54) is 54.3 Å². The van der Waals surface area contributed by atoms with Crippen LogP contribution in [0.15, 0.2) is 24.4 Å². The van der Waals surface area contributed by atoms with E-state index in [-0.39, 0.29) is 0 Å². The number of hydrogen-bond acceptors (Lipinski definition) is 2. The lowest BCUT2D eigenvalue weighted by molar-refractivity contribution is 0.462. The van der Waals surface area contributed by atoms with Gasteiger partial charge in [-0.3, -0.25) is 0 Å². The Labute approximate surface area is 127 Å². The van der Waals surface area contributed by atoms with Crippen LogP contribution in [0.3, 0.4) is 0 Å². The first-order valence-electron chi connectivity index (χ1n) is 8.44.